The van der Waals surface area contributed by atoms with Gasteiger partial charge in [-0.25, -0.2) is 10.5 Å². The number of carbonyl (C=O) groups excluding carboxylic acids is 2. The molecule has 26 heavy (non-hydrogen) atoms. The zero-order valence-electron chi connectivity index (χ0n) is 15.1. The Balaban J connectivity index is 1.80. The van der Waals surface area contributed by atoms with Crippen LogP contribution in [0.5, 0.6) is 0 Å². The van der Waals surface area contributed by atoms with Crippen molar-refractivity contribution in [2.45, 2.75) is 51.5 Å². The number of para-hydroxylation sites is 2. The molecule has 1 aliphatic heterocycles. The molecule has 1 aromatic heterocycles. The average molecular weight is 358 g/mol. The van der Waals surface area contributed by atoms with Crippen molar-refractivity contribution in [3.05, 3.63) is 30.1 Å². The fourth-order valence-electron chi connectivity index (χ4n) is 3.71. The highest BCUT2D eigenvalue weighted by Gasteiger charge is 2.36. The smallest absolute Gasteiger partial charge is 0.244 e. The summed E-state index contributed by atoms with van der Waals surface area (Å²) in [7, 11) is 0. The van der Waals surface area contributed by atoms with E-state index >= 15 is 0 Å². The number of nitrogens with one attached hydrogen (secondary N) is 2. The van der Waals surface area contributed by atoms with E-state index in [1.54, 1.807) is 5.48 Å². The van der Waals surface area contributed by atoms with E-state index in [9.17, 15) is 9.59 Å². The molecular formula is C19H26N4O3. The number of carbonyl (C=O) groups is 2. The third-order valence-corrected chi connectivity index (χ3v) is 5.07. The van der Waals surface area contributed by atoms with Gasteiger partial charge in [0.25, 0.3) is 0 Å². The molecule has 1 aliphatic rings. The second-order valence-corrected chi connectivity index (χ2v) is 6.91. The summed E-state index contributed by atoms with van der Waals surface area (Å²) in [4.78, 5) is 34.6. The number of hydrogen-bond acceptors (Lipinski definition) is 4. The van der Waals surface area contributed by atoms with Gasteiger partial charge in [-0.05, 0) is 31.4 Å². The number of aromatic amines is 1. The molecule has 3 N–H and O–H groups in total. The summed E-state index contributed by atoms with van der Waals surface area (Å²) >= 11 is 0. The van der Waals surface area contributed by atoms with Gasteiger partial charge in [0.2, 0.25) is 11.8 Å². The lowest BCUT2D eigenvalue weighted by atomic mass is 9.96. The number of aromatic nitrogens is 2. The van der Waals surface area contributed by atoms with Gasteiger partial charge < -0.3 is 9.88 Å². The van der Waals surface area contributed by atoms with Gasteiger partial charge in [-0.3, -0.25) is 14.8 Å². The number of unbranched alkanes of at least 4 members (excludes halogenated alkanes) is 1. The summed E-state index contributed by atoms with van der Waals surface area (Å²) in [6.45, 7) is 2.73. The monoisotopic (exact) mass is 358 g/mol. The van der Waals surface area contributed by atoms with Crippen LogP contribution in [0.3, 0.4) is 0 Å². The van der Waals surface area contributed by atoms with Crippen LogP contribution >= 0.6 is 0 Å². The summed E-state index contributed by atoms with van der Waals surface area (Å²) in [5.74, 6) is -0.145. The SMILES string of the molecule is CCCC[C@H](CC(=O)NO)C(=O)N1CCC[C@H]1c1nc2ccccc2[nH]1. The number of fused-ring (bicyclic) bond motifs is 1. The number of nitrogens with zero attached hydrogens (tertiary/aromatic N) is 2. The summed E-state index contributed by atoms with van der Waals surface area (Å²) in [6, 6.07) is 7.74. The Morgan fingerprint density at radius 3 is 2.96 bits per heavy atom. The van der Waals surface area contributed by atoms with E-state index in [0.717, 1.165) is 42.5 Å². The molecule has 0 spiro atoms. The lowest BCUT2D eigenvalue weighted by Crippen LogP contribution is -2.38. The first-order valence-electron chi connectivity index (χ1n) is 9.32. The maximum atomic E-state index is 13.1. The number of amides is 2. The Morgan fingerprint density at radius 2 is 2.23 bits per heavy atom. The second kappa shape index (κ2) is 8.31. The van der Waals surface area contributed by atoms with E-state index in [1.165, 1.54) is 0 Å². The van der Waals surface area contributed by atoms with Crippen LogP contribution in [0, 0.1) is 5.92 Å². The number of imidazole rings is 1. The van der Waals surface area contributed by atoms with Crippen molar-refractivity contribution >= 4 is 22.8 Å². The molecule has 1 saturated heterocycles. The normalized spacial score (nSPS) is 18.2. The van der Waals surface area contributed by atoms with Gasteiger partial charge in [0.1, 0.15) is 5.82 Å². The largest absolute Gasteiger partial charge is 0.340 e. The van der Waals surface area contributed by atoms with Gasteiger partial charge in [0.05, 0.1) is 17.1 Å². The predicted octanol–water partition coefficient (Wildman–Crippen LogP) is 2.93. The first-order valence-corrected chi connectivity index (χ1v) is 9.32. The lowest BCUT2D eigenvalue weighted by molar-refractivity contribution is -0.141. The Morgan fingerprint density at radius 1 is 1.42 bits per heavy atom. The molecule has 3 rings (SSSR count). The van der Waals surface area contributed by atoms with Gasteiger partial charge in [0, 0.05) is 18.9 Å². The number of hydrogen-bond donors (Lipinski definition) is 3. The molecule has 0 bridgehead atoms. The van der Waals surface area contributed by atoms with E-state index in [2.05, 4.69) is 16.9 Å². The van der Waals surface area contributed by atoms with Crippen molar-refractivity contribution in [3.8, 4) is 0 Å². The molecule has 0 saturated carbocycles. The van der Waals surface area contributed by atoms with E-state index in [0.29, 0.717) is 13.0 Å². The van der Waals surface area contributed by atoms with Gasteiger partial charge in [0.15, 0.2) is 0 Å². The van der Waals surface area contributed by atoms with Crippen LogP contribution in [0.1, 0.15) is 57.3 Å². The van der Waals surface area contributed by atoms with Crippen molar-refractivity contribution in [3.63, 3.8) is 0 Å². The Hall–Kier alpha value is -2.41. The highest BCUT2D eigenvalue weighted by molar-refractivity contribution is 5.86. The van der Waals surface area contributed by atoms with Crippen molar-refractivity contribution in [2.24, 2.45) is 5.92 Å². The molecule has 2 amide bonds. The molecule has 0 unspecified atom stereocenters. The minimum atomic E-state index is -0.515. The van der Waals surface area contributed by atoms with Crippen LogP contribution in [0.15, 0.2) is 24.3 Å². The summed E-state index contributed by atoms with van der Waals surface area (Å²) < 4.78 is 0. The third-order valence-electron chi connectivity index (χ3n) is 5.07. The highest BCUT2D eigenvalue weighted by atomic mass is 16.5. The maximum Gasteiger partial charge on any atom is 0.244 e. The van der Waals surface area contributed by atoms with Crippen molar-refractivity contribution in [2.75, 3.05) is 6.54 Å². The first kappa shape index (κ1) is 18.4. The van der Waals surface area contributed by atoms with Crippen LogP contribution in [0.2, 0.25) is 0 Å². The Bertz CT molecular complexity index is 740. The van der Waals surface area contributed by atoms with Crippen LogP contribution < -0.4 is 5.48 Å². The number of hydroxylamine groups is 1. The summed E-state index contributed by atoms with van der Waals surface area (Å²) in [6.07, 6.45) is 4.26. The minimum absolute atomic E-state index is 0.0126. The van der Waals surface area contributed by atoms with Crippen molar-refractivity contribution in [1.82, 2.24) is 20.3 Å². The highest BCUT2D eigenvalue weighted by Crippen LogP contribution is 2.33. The molecule has 7 heteroatoms. The zero-order chi connectivity index (χ0) is 18.5. The van der Waals surface area contributed by atoms with Crippen LogP contribution in [-0.4, -0.2) is 38.4 Å². The molecule has 2 heterocycles. The molecule has 1 fully saturated rings. The Kier molecular flexibility index (Phi) is 5.88. The summed E-state index contributed by atoms with van der Waals surface area (Å²) in [5, 5.41) is 8.83. The van der Waals surface area contributed by atoms with E-state index in [4.69, 9.17) is 5.21 Å². The number of H-pyrrole nitrogens is 1. The molecule has 2 aromatic rings. The van der Waals surface area contributed by atoms with Crippen LogP contribution in [0.25, 0.3) is 11.0 Å². The molecule has 2 atom stereocenters. The van der Waals surface area contributed by atoms with Gasteiger partial charge in [-0.2, -0.15) is 0 Å². The molecule has 140 valence electrons. The predicted molar refractivity (Wildman–Crippen MR) is 97.3 cm³/mol. The summed E-state index contributed by atoms with van der Waals surface area (Å²) in [5.41, 5.74) is 3.50. The second-order valence-electron chi connectivity index (χ2n) is 6.91. The van der Waals surface area contributed by atoms with Crippen LogP contribution in [-0.2, 0) is 9.59 Å². The van der Waals surface area contributed by atoms with E-state index < -0.39 is 11.8 Å². The molecule has 7 nitrogen and oxygen atoms in total. The van der Waals surface area contributed by atoms with Crippen LogP contribution in [0.4, 0.5) is 0 Å². The first-order chi connectivity index (χ1) is 12.6. The standard InChI is InChI=1S/C19H26N4O3/c1-2-3-7-13(12-17(24)22-26)19(25)23-11-6-10-16(23)18-20-14-8-4-5-9-15(14)21-18/h4-5,8-9,13,16,26H,2-3,6-7,10-12H2,1H3,(H,20,21)(H,22,24)/t13-,16+/m1/s1. The number of benzene rings is 1. The molecule has 0 aliphatic carbocycles. The molecule has 0 radical (unpaired) electrons. The fraction of sp³-hybridized carbons (Fsp3) is 0.526. The quantitative estimate of drug-likeness (QED) is 0.523. The number of likely N-dealkylation sites (tertiary alicyclic amines) is 1. The Labute approximate surface area is 152 Å². The molecule has 1 aromatic carbocycles. The molecular weight excluding hydrogens is 332 g/mol. The zero-order valence-corrected chi connectivity index (χ0v) is 15.1. The lowest BCUT2D eigenvalue weighted by Gasteiger charge is -2.27. The van der Waals surface area contributed by atoms with Crippen molar-refractivity contribution < 1.29 is 14.8 Å². The van der Waals surface area contributed by atoms with E-state index in [-0.39, 0.29) is 18.4 Å². The van der Waals surface area contributed by atoms with Gasteiger partial charge >= 0.3 is 0 Å². The third kappa shape index (κ3) is 3.88. The van der Waals surface area contributed by atoms with Gasteiger partial charge in [-0.1, -0.05) is 31.9 Å². The number of rotatable bonds is 7. The average Bonchev–Trinajstić information content (AvgIpc) is 3.30. The van der Waals surface area contributed by atoms with E-state index in [1.807, 2.05) is 29.2 Å². The fourth-order valence-corrected chi connectivity index (χ4v) is 3.71. The maximum absolute atomic E-state index is 13.1. The van der Waals surface area contributed by atoms with Crippen molar-refractivity contribution in [1.29, 1.82) is 0 Å². The van der Waals surface area contributed by atoms with Gasteiger partial charge in [-0.15, -0.1) is 0 Å². The minimum Gasteiger partial charge on any atom is -0.340 e. The topological polar surface area (TPSA) is 98.3 Å².